The molecule has 1 aromatic carbocycles. The van der Waals surface area contributed by atoms with Crippen LogP contribution in [0.1, 0.15) is 16.1 Å². The van der Waals surface area contributed by atoms with Crippen LogP contribution >= 0.6 is 22.7 Å². The van der Waals surface area contributed by atoms with Crippen molar-refractivity contribution in [1.29, 1.82) is 0 Å². The number of benzene rings is 1. The number of nitrogens with one attached hydrogen (secondary N) is 2. The Kier molecular flexibility index (Phi) is 7.59. The molecule has 35 heavy (non-hydrogen) atoms. The van der Waals surface area contributed by atoms with E-state index in [9.17, 15) is 22.8 Å². The van der Waals surface area contributed by atoms with Crippen LogP contribution in [-0.4, -0.2) is 71.1 Å². The number of carbonyl (C=O) groups is 2. The molecule has 10 nitrogen and oxygen atoms in total. The van der Waals surface area contributed by atoms with Crippen molar-refractivity contribution >= 4 is 45.3 Å². The quantitative estimate of drug-likeness (QED) is 0.479. The summed E-state index contributed by atoms with van der Waals surface area (Å²) in [5, 5.41) is 13.7. The van der Waals surface area contributed by atoms with Crippen molar-refractivity contribution in [3.05, 3.63) is 35.0 Å². The Labute approximate surface area is 205 Å². The van der Waals surface area contributed by atoms with Gasteiger partial charge >= 0.3 is 6.36 Å². The van der Waals surface area contributed by atoms with Crippen LogP contribution < -0.4 is 15.4 Å². The summed E-state index contributed by atoms with van der Waals surface area (Å²) in [4.78, 5) is 32.0. The summed E-state index contributed by atoms with van der Waals surface area (Å²) in [5.41, 5.74) is 2.16. The minimum Gasteiger partial charge on any atom is -0.404 e. The van der Waals surface area contributed by atoms with Crippen LogP contribution in [-0.2, 0) is 9.53 Å². The molecule has 0 unspecified atom stereocenters. The van der Waals surface area contributed by atoms with Crippen LogP contribution in [0.2, 0.25) is 0 Å². The van der Waals surface area contributed by atoms with Gasteiger partial charge in [0.05, 0.1) is 41.5 Å². The molecule has 1 aliphatic rings. The van der Waals surface area contributed by atoms with Crippen LogP contribution in [0.4, 0.5) is 24.0 Å². The van der Waals surface area contributed by atoms with E-state index in [2.05, 4.69) is 30.6 Å². The third kappa shape index (κ3) is 6.72. The van der Waals surface area contributed by atoms with Crippen molar-refractivity contribution < 1.29 is 32.2 Å². The van der Waals surface area contributed by atoms with Crippen molar-refractivity contribution in [2.24, 2.45) is 0 Å². The zero-order valence-corrected chi connectivity index (χ0v) is 19.9. The standard InChI is InChI=1S/C20H19F3N6O4S2/c1-11-16(34-10-24-11)18-27-28-19(35-18)26-17(31)12-2-3-14(33-20(21,22)23)13(8-12)25-15(30)9-29-4-6-32-7-5-29/h2-3,8,10H,4-7,9H2,1H3,(H,25,30)(H,26,28,31). The topological polar surface area (TPSA) is 119 Å². The first-order chi connectivity index (χ1) is 16.7. The fraction of sp³-hybridized carbons (Fsp3) is 0.350. The Balaban J connectivity index is 1.50. The van der Waals surface area contributed by atoms with E-state index in [0.29, 0.717) is 31.3 Å². The summed E-state index contributed by atoms with van der Waals surface area (Å²) in [7, 11) is 0. The average molecular weight is 529 g/mol. The number of carbonyl (C=O) groups excluding carboxylic acids is 2. The van der Waals surface area contributed by atoms with E-state index in [-0.39, 0.29) is 22.9 Å². The number of rotatable bonds is 7. The summed E-state index contributed by atoms with van der Waals surface area (Å²) in [6.45, 7) is 3.74. The fourth-order valence-electron chi connectivity index (χ4n) is 3.18. The number of morpholine rings is 1. The van der Waals surface area contributed by atoms with Crippen molar-refractivity contribution in [2.75, 3.05) is 43.5 Å². The van der Waals surface area contributed by atoms with Gasteiger partial charge in [-0.3, -0.25) is 19.8 Å². The highest BCUT2D eigenvalue weighted by atomic mass is 32.1. The van der Waals surface area contributed by atoms with Gasteiger partial charge in [0.15, 0.2) is 10.8 Å². The van der Waals surface area contributed by atoms with Crippen molar-refractivity contribution in [1.82, 2.24) is 20.1 Å². The molecule has 1 fully saturated rings. The zero-order valence-electron chi connectivity index (χ0n) is 18.2. The summed E-state index contributed by atoms with van der Waals surface area (Å²) in [5.74, 6) is -1.83. The maximum absolute atomic E-state index is 12.9. The lowest BCUT2D eigenvalue weighted by Gasteiger charge is -2.26. The van der Waals surface area contributed by atoms with Gasteiger partial charge in [0.2, 0.25) is 11.0 Å². The number of halogens is 3. The Bertz CT molecular complexity index is 1210. The maximum atomic E-state index is 12.9. The molecule has 0 atom stereocenters. The second-order valence-electron chi connectivity index (χ2n) is 7.33. The Hall–Kier alpha value is -3.14. The molecule has 3 aromatic rings. The van der Waals surface area contributed by atoms with E-state index in [1.54, 1.807) is 10.4 Å². The van der Waals surface area contributed by atoms with E-state index in [0.717, 1.165) is 40.1 Å². The molecule has 2 aromatic heterocycles. The van der Waals surface area contributed by atoms with E-state index in [4.69, 9.17) is 4.74 Å². The molecule has 2 N–H and O–H groups in total. The molecule has 0 spiro atoms. The van der Waals surface area contributed by atoms with Gasteiger partial charge < -0.3 is 14.8 Å². The van der Waals surface area contributed by atoms with Gasteiger partial charge in [0.1, 0.15) is 0 Å². The predicted octanol–water partition coefficient (Wildman–Crippen LogP) is 3.39. The number of hydrogen-bond acceptors (Lipinski definition) is 10. The molecule has 1 aliphatic heterocycles. The predicted molar refractivity (Wildman–Crippen MR) is 123 cm³/mol. The molecular formula is C20H19F3N6O4S2. The highest BCUT2D eigenvalue weighted by molar-refractivity contribution is 7.23. The number of anilines is 2. The number of aryl methyl sites for hydroxylation is 1. The lowest BCUT2D eigenvalue weighted by molar-refractivity contribution is -0.274. The SMILES string of the molecule is Cc1ncsc1-c1nnc(NC(=O)c2ccc(OC(F)(F)F)c(NC(=O)CN3CCOCC3)c2)s1. The molecule has 1 saturated heterocycles. The molecule has 2 amide bonds. The van der Waals surface area contributed by atoms with Crippen LogP contribution in [0.25, 0.3) is 9.88 Å². The summed E-state index contributed by atoms with van der Waals surface area (Å²) in [6.07, 6.45) is -4.98. The normalized spacial score (nSPS) is 14.5. The lowest BCUT2D eigenvalue weighted by Crippen LogP contribution is -2.41. The van der Waals surface area contributed by atoms with Gasteiger partial charge in [-0.1, -0.05) is 11.3 Å². The molecular weight excluding hydrogens is 509 g/mol. The van der Waals surface area contributed by atoms with E-state index in [1.165, 1.54) is 11.3 Å². The molecule has 0 bridgehead atoms. The molecule has 0 saturated carbocycles. The van der Waals surface area contributed by atoms with E-state index in [1.807, 2.05) is 6.92 Å². The first-order valence-corrected chi connectivity index (χ1v) is 11.9. The molecule has 0 radical (unpaired) electrons. The van der Waals surface area contributed by atoms with Crippen molar-refractivity contribution in [3.63, 3.8) is 0 Å². The Morgan fingerprint density at radius 3 is 2.66 bits per heavy atom. The summed E-state index contributed by atoms with van der Waals surface area (Å²) >= 11 is 2.52. The molecule has 3 heterocycles. The van der Waals surface area contributed by atoms with Crippen molar-refractivity contribution in [2.45, 2.75) is 13.3 Å². The third-order valence-corrected chi connectivity index (χ3v) is 6.72. The van der Waals surface area contributed by atoms with E-state index < -0.39 is 23.9 Å². The zero-order chi connectivity index (χ0) is 25.0. The van der Waals surface area contributed by atoms with Gasteiger partial charge in [-0.05, 0) is 25.1 Å². The molecule has 4 rings (SSSR count). The van der Waals surface area contributed by atoms with Crippen LogP contribution in [0.15, 0.2) is 23.7 Å². The number of amides is 2. The number of ether oxygens (including phenoxy) is 2. The Morgan fingerprint density at radius 2 is 1.97 bits per heavy atom. The first-order valence-electron chi connectivity index (χ1n) is 10.2. The number of alkyl halides is 3. The summed E-state index contributed by atoms with van der Waals surface area (Å²) in [6, 6.07) is 3.24. The molecule has 15 heteroatoms. The molecule has 186 valence electrons. The second kappa shape index (κ2) is 10.6. The number of thiazole rings is 1. The van der Waals surface area contributed by atoms with Crippen molar-refractivity contribution in [3.8, 4) is 15.6 Å². The minimum atomic E-state index is -4.98. The van der Waals surface area contributed by atoms with Crippen LogP contribution in [0.3, 0.4) is 0 Å². The second-order valence-corrected chi connectivity index (χ2v) is 9.16. The number of nitrogens with zero attached hydrogens (tertiary/aromatic N) is 4. The highest BCUT2D eigenvalue weighted by Gasteiger charge is 2.32. The third-order valence-electron chi connectivity index (χ3n) is 4.80. The first kappa shape index (κ1) is 25.0. The minimum absolute atomic E-state index is 0.00748. The van der Waals surface area contributed by atoms with Crippen LogP contribution in [0.5, 0.6) is 5.75 Å². The Morgan fingerprint density at radius 1 is 1.20 bits per heavy atom. The summed E-state index contributed by atoms with van der Waals surface area (Å²) < 4.78 is 47.9. The van der Waals surface area contributed by atoms with E-state index >= 15 is 0 Å². The number of aromatic nitrogens is 3. The smallest absolute Gasteiger partial charge is 0.404 e. The monoisotopic (exact) mass is 528 g/mol. The highest BCUT2D eigenvalue weighted by Crippen LogP contribution is 2.33. The van der Waals surface area contributed by atoms with Gasteiger partial charge in [0.25, 0.3) is 5.91 Å². The molecule has 0 aliphatic carbocycles. The largest absolute Gasteiger partial charge is 0.573 e. The fourth-order valence-corrected chi connectivity index (χ4v) is 4.86. The number of hydrogen-bond donors (Lipinski definition) is 2. The van der Waals surface area contributed by atoms with Crippen LogP contribution in [0, 0.1) is 6.92 Å². The average Bonchev–Trinajstić information content (AvgIpc) is 3.43. The van der Waals surface area contributed by atoms with Gasteiger partial charge in [-0.2, -0.15) is 0 Å². The van der Waals surface area contributed by atoms with Gasteiger partial charge in [-0.15, -0.1) is 34.7 Å². The lowest BCUT2D eigenvalue weighted by atomic mass is 10.1. The maximum Gasteiger partial charge on any atom is 0.573 e. The van der Waals surface area contributed by atoms with Gasteiger partial charge in [-0.25, -0.2) is 4.98 Å². The van der Waals surface area contributed by atoms with Gasteiger partial charge in [0, 0.05) is 18.7 Å².